The smallest absolute Gasteiger partial charge is 0.329 e. The van der Waals surface area contributed by atoms with E-state index in [-0.39, 0.29) is 73.0 Å². The Hall–Kier alpha value is -7.36. The zero-order valence-corrected chi connectivity index (χ0v) is 54.3. The van der Waals surface area contributed by atoms with E-state index in [1.807, 2.05) is 140 Å². The van der Waals surface area contributed by atoms with Gasteiger partial charge in [0.15, 0.2) is 24.4 Å². The summed E-state index contributed by atoms with van der Waals surface area (Å²) in [7, 11) is 5.63. The van der Waals surface area contributed by atoms with Gasteiger partial charge in [-0.15, -0.1) is 0 Å². The lowest BCUT2D eigenvalue weighted by molar-refractivity contribution is -0.176. The number of hydrogen-bond donors (Lipinski definition) is 0. The fourth-order valence-electron chi connectivity index (χ4n) is 11.1. The molecule has 5 rings (SSSR count). The van der Waals surface area contributed by atoms with E-state index in [9.17, 15) is 28.8 Å². The Bertz CT molecular complexity index is 2720. The molecule has 8 atom stereocenters. The molecule has 4 aromatic rings. The molecule has 0 unspecified atom stereocenters. The SMILES string of the molecule is CC(C)C[C@H]1C(=O)O[C@H](Cc2ccc(C(C)(C)c3ccccc3)cc2)C(=O)N(C)[C@@H](CC(C)C)C(=O)O[C@H](C)C(=O)N(C)[C@@H](CC(C)C)C(=O)O[C@H](Cc2ccc(C(C)(C)c3ccccc3)cc2)C(=O)N(C)[C@@H](CC(C)C)C(=O)O[C@H](C)C(=O)N1C. The first-order valence-corrected chi connectivity index (χ1v) is 30.4. The Morgan fingerprint density at radius 1 is 0.349 bits per heavy atom. The second-order valence-electron chi connectivity index (χ2n) is 26.2. The van der Waals surface area contributed by atoms with Crippen molar-refractivity contribution in [2.45, 2.75) is 195 Å². The van der Waals surface area contributed by atoms with Gasteiger partial charge in [0, 0.05) is 51.9 Å². The minimum atomic E-state index is -1.53. The molecule has 4 aromatic carbocycles. The highest BCUT2D eigenvalue weighted by Gasteiger charge is 2.43. The van der Waals surface area contributed by atoms with Crippen molar-refractivity contribution in [2.75, 3.05) is 28.2 Å². The number of cyclic esters (lactones) is 4. The first-order valence-electron chi connectivity index (χ1n) is 30.4. The predicted molar refractivity (Wildman–Crippen MR) is 332 cm³/mol. The number of nitrogens with zero attached hydrogens (tertiary/aromatic N) is 4. The van der Waals surface area contributed by atoms with Crippen molar-refractivity contribution in [3.8, 4) is 0 Å². The van der Waals surface area contributed by atoms with Crippen LogP contribution in [0.2, 0.25) is 0 Å². The van der Waals surface area contributed by atoms with E-state index in [1.165, 1.54) is 51.8 Å². The van der Waals surface area contributed by atoms with E-state index in [0.717, 1.165) is 32.1 Å². The van der Waals surface area contributed by atoms with E-state index < -0.39 is 96.1 Å². The molecule has 1 saturated heterocycles. The largest absolute Gasteiger partial charge is 0.451 e. The number of carbonyl (C=O) groups is 8. The molecule has 468 valence electrons. The number of likely N-dealkylation sites (N-methyl/N-ethyl adjacent to an activating group) is 4. The monoisotopic (exact) mass is 1180 g/mol. The van der Waals surface area contributed by atoms with Crippen molar-refractivity contribution in [3.05, 3.63) is 143 Å². The van der Waals surface area contributed by atoms with Crippen molar-refractivity contribution in [3.63, 3.8) is 0 Å². The molecule has 1 heterocycles. The number of ether oxygens (including phenoxy) is 4. The fraction of sp³-hybridized carbons (Fsp3) is 0.543. The summed E-state index contributed by atoms with van der Waals surface area (Å²) in [6, 6.07) is 30.2. The van der Waals surface area contributed by atoms with Crippen LogP contribution >= 0.6 is 0 Å². The van der Waals surface area contributed by atoms with Crippen LogP contribution in [-0.2, 0) is 81.0 Å². The van der Waals surface area contributed by atoms with Crippen molar-refractivity contribution in [2.24, 2.45) is 23.7 Å². The Kier molecular flexibility index (Phi) is 24.5. The van der Waals surface area contributed by atoms with E-state index in [0.29, 0.717) is 11.1 Å². The average molecular weight is 1190 g/mol. The zero-order chi connectivity index (χ0) is 64.1. The molecule has 0 saturated carbocycles. The topological polar surface area (TPSA) is 186 Å². The van der Waals surface area contributed by atoms with Gasteiger partial charge in [-0.25, -0.2) is 19.2 Å². The number of carbonyl (C=O) groups excluding carboxylic acids is 8. The molecular weight excluding hydrogens is 1090 g/mol. The molecular formula is C70H96N4O12. The number of esters is 4. The normalized spacial score (nSPS) is 22.8. The maximum Gasteiger partial charge on any atom is 0.329 e. The van der Waals surface area contributed by atoms with Gasteiger partial charge in [0.25, 0.3) is 23.6 Å². The number of hydrogen-bond acceptors (Lipinski definition) is 12. The summed E-state index contributed by atoms with van der Waals surface area (Å²) in [6.07, 6.45) is -5.93. The Balaban J connectivity index is 1.61. The third-order valence-electron chi connectivity index (χ3n) is 16.7. The van der Waals surface area contributed by atoms with Gasteiger partial charge >= 0.3 is 23.9 Å². The molecule has 16 heteroatoms. The van der Waals surface area contributed by atoms with Gasteiger partial charge in [-0.3, -0.25) is 19.2 Å². The number of rotatable bonds is 16. The summed E-state index contributed by atoms with van der Waals surface area (Å²) in [5.41, 5.74) is 4.68. The highest BCUT2D eigenvalue weighted by atomic mass is 16.6. The lowest BCUT2D eigenvalue weighted by atomic mass is 9.78. The van der Waals surface area contributed by atoms with E-state index in [2.05, 4.69) is 52.0 Å². The van der Waals surface area contributed by atoms with Crippen molar-refractivity contribution in [1.29, 1.82) is 0 Å². The van der Waals surface area contributed by atoms with Gasteiger partial charge in [0.2, 0.25) is 0 Å². The van der Waals surface area contributed by atoms with E-state index in [1.54, 1.807) is 0 Å². The summed E-state index contributed by atoms with van der Waals surface area (Å²) in [5.74, 6) is -7.35. The lowest BCUT2D eigenvalue weighted by Crippen LogP contribution is -2.55. The van der Waals surface area contributed by atoms with Gasteiger partial charge < -0.3 is 38.5 Å². The molecule has 1 aliphatic heterocycles. The molecule has 1 fully saturated rings. The first kappa shape index (κ1) is 69.4. The Morgan fingerprint density at radius 2 is 0.581 bits per heavy atom. The molecule has 86 heavy (non-hydrogen) atoms. The lowest BCUT2D eigenvalue weighted by Gasteiger charge is -2.35. The quantitative estimate of drug-likeness (QED) is 0.0765. The summed E-state index contributed by atoms with van der Waals surface area (Å²) >= 11 is 0. The van der Waals surface area contributed by atoms with Crippen LogP contribution in [0.3, 0.4) is 0 Å². The van der Waals surface area contributed by atoms with Crippen LogP contribution in [0.4, 0.5) is 0 Å². The fourth-order valence-corrected chi connectivity index (χ4v) is 11.1. The van der Waals surface area contributed by atoms with Crippen molar-refractivity contribution < 1.29 is 57.3 Å². The highest BCUT2D eigenvalue weighted by Crippen LogP contribution is 2.34. The van der Waals surface area contributed by atoms with Crippen LogP contribution in [0.1, 0.15) is 156 Å². The van der Waals surface area contributed by atoms with Gasteiger partial charge in [-0.2, -0.15) is 0 Å². The van der Waals surface area contributed by atoms with E-state index >= 15 is 9.59 Å². The maximum atomic E-state index is 15.1. The van der Waals surface area contributed by atoms with Crippen molar-refractivity contribution in [1.82, 2.24) is 19.6 Å². The summed E-state index contributed by atoms with van der Waals surface area (Å²) in [5, 5.41) is 0. The summed E-state index contributed by atoms with van der Waals surface area (Å²) in [4.78, 5) is 123. The molecule has 0 radical (unpaired) electrons. The molecule has 1 aliphatic rings. The molecule has 4 amide bonds. The van der Waals surface area contributed by atoms with E-state index in [4.69, 9.17) is 18.9 Å². The third-order valence-corrected chi connectivity index (χ3v) is 16.7. The van der Waals surface area contributed by atoms with Crippen LogP contribution in [0.25, 0.3) is 0 Å². The molecule has 0 bridgehead atoms. The van der Waals surface area contributed by atoms with Crippen LogP contribution in [-0.4, -0.2) is 144 Å². The van der Waals surface area contributed by atoms with Crippen molar-refractivity contribution >= 4 is 47.5 Å². The first-order chi connectivity index (χ1) is 40.3. The Morgan fingerprint density at radius 3 is 0.837 bits per heavy atom. The molecule has 16 nitrogen and oxygen atoms in total. The van der Waals surface area contributed by atoms with Gasteiger partial charge in [0.1, 0.15) is 24.2 Å². The van der Waals surface area contributed by atoms with Gasteiger partial charge in [-0.05, 0) is 96.6 Å². The summed E-state index contributed by atoms with van der Waals surface area (Å²) in [6.45, 7) is 26.1. The van der Waals surface area contributed by atoms with Gasteiger partial charge in [0.05, 0.1) is 0 Å². The second-order valence-corrected chi connectivity index (χ2v) is 26.2. The predicted octanol–water partition coefficient (Wildman–Crippen LogP) is 10.3. The Labute approximate surface area is 511 Å². The van der Waals surface area contributed by atoms with Gasteiger partial charge in [-0.1, -0.05) is 192 Å². The standard InChI is InChI=1S/C70H96N4O12/c1-43(2)37-55-65(79)83-47(9)61(75)71(15)58(40-46(7)8)68(82)86-60(42-50-31-35-54(36-32-50)70(13,14)52-27-23-20-24-28-52)64(78)74(18)56(38-44(3)4)66(80)84-48(10)62(76)72(16)57(39-45(5)6)67(81)85-59(63(77)73(55)17)41-49-29-33-53(34-30-49)69(11,12)51-25-21-19-22-26-51/h19-36,43-48,55-60H,37-42H2,1-18H3/t47-,48-,55+,56+,57+,58+,59-,60-/m1/s1. The average Bonchev–Trinajstić information content (AvgIpc) is 3.08. The molecule has 0 spiro atoms. The number of amides is 4. The number of benzene rings is 4. The summed E-state index contributed by atoms with van der Waals surface area (Å²) < 4.78 is 24.5. The molecule has 0 aliphatic carbocycles. The molecule has 0 aromatic heterocycles. The minimum Gasteiger partial charge on any atom is -0.451 e. The highest BCUT2D eigenvalue weighted by molar-refractivity contribution is 5.94. The minimum absolute atomic E-state index is 0.0866. The van der Waals surface area contributed by atoms with Crippen LogP contribution in [0.15, 0.2) is 109 Å². The molecule has 0 N–H and O–H groups in total. The second kappa shape index (κ2) is 30.3. The zero-order valence-electron chi connectivity index (χ0n) is 54.3. The van der Waals surface area contributed by atoms with Crippen LogP contribution in [0.5, 0.6) is 0 Å². The van der Waals surface area contributed by atoms with Crippen LogP contribution < -0.4 is 0 Å². The maximum absolute atomic E-state index is 15.1. The van der Waals surface area contributed by atoms with Crippen LogP contribution in [0, 0.1) is 23.7 Å². The third kappa shape index (κ3) is 17.9.